The van der Waals surface area contributed by atoms with Crippen molar-refractivity contribution in [2.24, 2.45) is 0 Å². The normalized spacial score (nSPS) is 10.6. The molecule has 0 amide bonds. The van der Waals surface area contributed by atoms with E-state index in [0.29, 0.717) is 5.22 Å². The average Bonchev–Trinajstić information content (AvgIpc) is 2.90. The predicted octanol–water partition coefficient (Wildman–Crippen LogP) is 2.69. The summed E-state index contributed by atoms with van der Waals surface area (Å²) in [5.41, 5.74) is 2.38. The summed E-state index contributed by atoms with van der Waals surface area (Å²) in [6.07, 6.45) is 3.23. The molecule has 1 heterocycles. The lowest BCUT2D eigenvalue weighted by molar-refractivity contribution is 0.411. The van der Waals surface area contributed by atoms with Crippen molar-refractivity contribution in [1.29, 1.82) is 0 Å². The molecule has 0 fully saturated rings. The zero-order chi connectivity index (χ0) is 12.8. The first-order valence-corrected chi connectivity index (χ1v) is 6.64. The fourth-order valence-corrected chi connectivity index (χ4v) is 2.44. The van der Waals surface area contributed by atoms with Crippen LogP contribution < -0.4 is 10.1 Å². The maximum Gasteiger partial charge on any atom is 0.255 e. The number of hydrogen-bond acceptors (Lipinski definition) is 5. The van der Waals surface area contributed by atoms with Gasteiger partial charge in [0, 0.05) is 17.9 Å². The SMILES string of the molecule is CNCc1ccc(OC)c(CSc2ncco2)c1. The summed E-state index contributed by atoms with van der Waals surface area (Å²) >= 11 is 1.56. The number of nitrogens with one attached hydrogen (secondary N) is 1. The fourth-order valence-electron chi connectivity index (χ4n) is 1.68. The van der Waals surface area contributed by atoms with Gasteiger partial charge in [-0.3, -0.25) is 0 Å². The molecule has 0 saturated heterocycles. The minimum atomic E-state index is 0.677. The molecule has 2 rings (SSSR count). The van der Waals surface area contributed by atoms with E-state index in [-0.39, 0.29) is 0 Å². The number of hydrogen-bond donors (Lipinski definition) is 1. The highest BCUT2D eigenvalue weighted by atomic mass is 32.2. The Labute approximate surface area is 111 Å². The van der Waals surface area contributed by atoms with E-state index in [0.717, 1.165) is 23.6 Å². The highest BCUT2D eigenvalue weighted by Gasteiger charge is 2.07. The zero-order valence-electron chi connectivity index (χ0n) is 10.5. The largest absolute Gasteiger partial charge is 0.496 e. The van der Waals surface area contributed by atoms with E-state index in [1.807, 2.05) is 13.1 Å². The van der Waals surface area contributed by atoms with Gasteiger partial charge < -0.3 is 14.5 Å². The minimum Gasteiger partial charge on any atom is -0.496 e. The van der Waals surface area contributed by atoms with Crippen molar-refractivity contribution < 1.29 is 9.15 Å². The standard InChI is InChI=1S/C13H16N2O2S/c1-14-8-10-3-4-12(16-2)11(7-10)9-18-13-15-5-6-17-13/h3-7,14H,8-9H2,1-2H3. The summed E-state index contributed by atoms with van der Waals surface area (Å²) in [6, 6.07) is 6.21. The minimum absolute atomic E-state index is 0.677. The maximum atomic E-state index is 5.36. The molecule has 4 nitrogen and oxygen atoms in total. The van der Waals surface area contributed by atoms with Crippen molar-refractivity contribution in [3.05, 3.63) is 41.8 Å². The van der Waals surface area contributed by atoms with Crippen LogP contribution in [0, 0.1) is 0 Å². The smallest absolute Gasteiger partial charge is 0.255 e. The van der Waals surface area contributed by atoms with Gasteiger partial charge in [-0.1, -0.05) is 17.8 Å². The number of rotatable bonds is 6. The number of oxazole rings is 1. The number of benzene rings is 1. The molecule has 1 aromatic carbocycles. The molecular formula is C13H16N2O2S. The Morgan fingerprint density at radius 2 is 2.33 bits per heavy atom. The summed E-state index contributed by atoms with van der Waals surface area (Å²) in [7, 11) is 3.62. The Balaban J connectivity index is 2.10. The lowest BCUT2D eigenvalue weighted by Gasteiger charge is -2.09. The summed E-state index contributed by atoms with van der Waals surface area (Å²) in [6.45, 7) is 0.848. The molecule has 0 unspecified atom stereocenters. The van der Waals surface area contributed by atoms with Crippen molar-refractivity contribution in [3.8, 4) is 5.75 Å². The Morgan fingerprint density at radius 1 is 1.44 bits per heavy atom. The molecule has 96 valence electrons. The third kappa shape index (κ3) is 3.27. The lowest BCUT2D eigenvalue weighted by atomic mass is 10.1. The highest BCUT2D eigenvalue weighted by molar-refractivity contribution is 7.98. The molecule has 0 aliphatic rings. The second kappa shape index (κ2) is 6.47. The van der Waals surface area contributed by atoms with Gasteiger partial charge in [-0.25, -0.2) is 4.98 Å². The number of thioether (sulfide) groups is 1. The molecule has 0 aliphatic carbocycles. The van der Waals surface area contributed by atoms with Crippen molar-refractivity contribution in [2.75, 3.05) is 14.2 Å². The van der Waals surface area contributed by atoms with Crippen LogP contribution in [0.3, 0.4) is 0 Å². The molecule has 0 bridgehead atoms. The molecule has 0 atom stereocenters. The van der Waals surface area contributed by atoms with Crippen LogP contribution in [-0.2, 0) is 12.3 Å². The van der Waals surface area contributed by atoms with Crippen molar-refractivity contribution in [3.63, 3.8) is 0 Å². The van der Waals surface area contributed by atoms with Crippen LogP contribution in [0.15, 0.2) is 40.3 Å². The number of methoxy groups -OCH3 is 1. The van der Waals surface area contributed by atoms with Crippen LogP contribution in [0.1, 0.15) is 11.1 Å². The summed E-state index contributed by atoms with van der Waals surface area (Å²) in [5, 5.41) is 3.82. The molecular weight excluding hydrogens is 248 g/mol. The second-order valence-corrected chi connectivity index (χ2v) is 4.69. The molecule has 18 heavy (non-hydrogen) atoms. The topological polar surface area (TPSA) is 47.3 Å². The van der Waals surface area contributed by atoms with Gasteiger partial charge in [-0.15, -0.1) is 0 Å². The summed E-state index contributed by atoms with van der Waals surface area (Å²) < 4.78 is 10.6. The van der Waals surface area contributed by atoms with Crippen LogP contribution >= 0.6 is 11.8 Å². The van der Waals surface area contributed by atoms with E-state index in [4.69, 9.17) is 9.15 Å². The summed E-state index contributed by atoms with van der Waals surface area (Å²) in [5.74, 6) is 1.68. The van der Waals surface area contributed by atoms with Gasteiger partial charge in [0.15, 0.2) is 0 Å². The van der Waals surface area contributed by atoms with Crippen molar-refractivity contribution >= 4 is 11.8 Å². The third-order valence-corrected chi connectivity index (χ3v) is 3.39. The Bertz CT molecular complexity index is 486. The van der Waals surface area contributed by atoms with Crippen LogP contribution in [0.2, 0.25) is 0 Å². The van der Waals surface area contributed by atoms with Gasteiger partial charge in [0.05, 0.1) is 13.3 Å². The second-order valence-electron chi connectivity index (χ2n) is 3.76. The van der Waals surface area contributed by atoms with Crippen LogP contribution in [0.25, 0.3) is 0 Å². The summed E-state index contributed by atoms with van der Waals surface area (Å²) in [4.78, 5) is 4.09. The van der Waals surface area contributed by atoms with Gasteiger partial charge in [0.25, 0.3) is 5.22 Å². The third-order valence-electron chi connectivity index (χ3n) is 2.49. The van der Waals surface area contributed by atoms with E-state index >= 15 is 0 Å². The predicted molar refractivity (Wildman–Crippen MR) is 71.8 cm³/mol. The van der Waals surface area contributed by atoms with Gasteiger partial charge in [0.1, 0.15) is 12.0 Å². The van der Waals surface area contributed by atoms with Crippen LogP contribution in [0.5, 0.6) is 5.75 Å². The maximum absolute atomic E-state index is 5.36. The van der Waals surface area contributed by atoms with Crippen molar-refractivity contribution in [1.82, 2.24) is 10.3 Å². The molecule has 1 N–H and O–H groups in total. The lowest BCUT2D eigenvalue weighted by Crippen LogP contribution is -2.05. The van der Waals surface area contributed by atoms with Gasteiger partial charge in [-0.2, -0.15) is 0 Å². The zero-order valence-corrected chi connectivity index (χ0v) is 11.3. The number of aromatic nitrogens is 1. The van der Waals surface area contributed by atoms with E-state index < -0.39 is 0 Å². The van der Waals surface area contributed by atoms with Gasteiger partial charge in [-0.05, 0) is 24.7 Å². The molecule has 2 aromatic rings. The first-order valence-electron chi connectivity index (χ1n) is 5.66. The van der Waals surface area contributed by atoms with E-state index in [9.17, 15) is 0 Å². The first-order chi connectivity index (χ1) is 8.83. The van der Waals surface area contributed by atoms with E-state index in [1.54, 1.807) is 31.3 Å². The Morgan fingerprint density at radius 3 is 3.00 bits per heavy atom. The average molecular weight is 264 g/mol. The number of nitrogens with zero attached hydrogens (tertiary/aromatic N) is 1. The van der Waals surface area contributed by atoms with Gasteiger partial charge in [0.2, 0.25) is 0 Å². The Kier molecular flexibility index (Phi) is 4.66. The highest BCUT2D eigenvalue weighted by Crippen LogP contribution is 2.27. The van der Waals surface area contributed by atoms with E-state index in [1.165, 1.54) is 5.56 Å². The van der Waals surface area contributed by atoms with Crippen molar-refractivity contribution in [2.45, 2.75) is 17.5 Å². The monoisotopic (exact) mass is 264 g/mol. The molecule has 1 aromatic heterocycles. The molecule has 0 spiro atoms. The van der Waals surface area contributed by atoms with Crippen LogP contribution in [-0.4, -0.2) is 19.1 Å². The molecule has 0 radical (unpaired) electrons. The Hall–Kier alpha value is -1.46. The van der Waals surface area contributed by atoms with Gasteiger partial charge >= 0.3 is 0 Å². The quantitative estimate of drug-likeness (QED) is 0.813. The fraction of sp³-hybridized carbons (Fsp3) is 0.308. The van der Waals surface area contributed by atoms with E-state index in [2.05, 4.69) is 22.4 Å². The number of ether oxygens (including phenoxy) is 1. The molecule has 0 aliphatic heterocycles. The molecule has 5 heteroatoms. The molecule has 0 saturated carbocycles. The first kappa shape index (κ1) is 13.0. The van der Waals surface area contributed by atoms with Crippen LogP contribution in [0.4, 0.5) is 0 Å².